The first-order chi connectivity index (χ1) is 3.73. The zero-order valence-electron chi connectivity index (χ0n) is 5.15. The Bertz CT molecular complexity index is 116. The van der Waals surface area contributed by atoms with Gasteiger partial charge in [0.05, 0.1) is 0 Å². The van der Waals surface area contributed by atoms with Crippen molar-refractivity contribution >= 4 is 14.0 Å². The molecule has 5 N–H and O–H groups in total. The molecule has 2 radical (unpaired) electrons. The maximum Gasteiger partial charge on any atom is 0.503 e. The molecule has 0 spiro atoms. The number of phosphoric acid groups is 1. The van der Waals surface area contributed by atoms with Crippen molar-refractivity contribution in [1.29, 1.82) is 0 Å². The molecule has 0 amide bonds. The third-order valence-corrected chi connectivity index (χ3v) is 0. The molecule has 0 aromatic carbocycles. The summed E-state index contributed by atoms with van der Waals surface area (Å²) in [6, 6.07) is 0. The maximum absolute atomic E-state index is 8.88. The van der Waals surface area contributed by atoms with Crippen LogP contribution in [-0.2, 0) is 4.57 Å². The summed E-state index contributed by atoms with van der Waals surface area (Å²) >= 11 is 0. The first kappa shape index (κ1) is 23.0. The van der Waals surface area contributed by atoms with Crippen molar-refractivity contribution in [2.75, 3.05) is 0 Å². The quantitative estimate of drug-likeness (QED) is 0.316. The van der Waals surface area contributed by atoms with Gasteiger partial charge in [-0.05, 0) is 0 Å². The Morgan fingerprint density at radius 3 is 1.00 bits per heavy atom. The van der Waals surface area contributed by atoms with E-state index in [2.05, 4.69) is 0 Å². The second kappa shape index (κ2) is 11.8. The largest absolute Gasteiger partial charge is 0.503 e. The second-order valence-electron chi connectivity index (χ2n) is 0.796. The smallest absolute Gasteiger partial charge is 0.450 e. The molecule has 0 aliphatic rings. The molecule has 0 bridgehead atoms. The Labute approximate surface area is 118 Å². The van der Waals surface area contributed by atoms with E-state index in [-0.39, 0.29) is 71.2 Å². The van der Waals surface area contributed by atoms with Crippen LogP contribution in [0.25, 0.3) is 0 Å². The summed E-state index contributed by atoms with van der Waals surface area (Å²) in [6.07, 6.45) is -1.83. The van der Waals surface area contributed by atoms with Gasteiger partial charge in [-0.1, -0.05) is 0 Å². The minimum atomic E-state index is -4.64. The molecule has 0 atom stereocenters. The third-order valence-electron chi connectivity index (χ3n) is 0. The molecule has 0 fully saturated rings. The van der Waals surface area contributed by atoms with Gasteiger partial charge in [-0.2, -0.15) is 0 Å². The summed E-state index contributed by atoms with van der Waals surface area (Å²) in [6.45, 7) is 0. The summed E-state index contributed by atoms with van der Waals surface area (Å²) in [5.41, 5.74) is 0. The van der Waals surface area contributed by atoms with Crippen LogP contribution < -0.4 is 0 Å². The predicted octanol–water partition coefficient (Wildman–Crippen LogP) is -0.706. The average molecular weight is 438 g/mol. The van der Waals surface area contributed by atoms with Gasteiger partial charge in [0.25, 0.3) is 0 Å². The van der Waals surface area contributed by atoms with Gasteiger partial charge in [0.15, 0.2) is 0 Å². The van der Waals surface area contributed by atoms with Crippen molar-refractivity contribution in [2.24, 2.45) is 0 Å². The van der Waals surface area contributed by atoms with Gasteiger partial charge >= 0.3 is 14.0 Å². The van der Waals surface area contributed by atoms with Crippen molar-refractivity contribution in [3.05, 3.63) is 0 Å². The van der Waals surface area contributed by atoms with Gasteiger partial charge in [0.1, 0.15) is 0 Å². The van der Waals surface area contributed by atoms with Gasteiger partial charge in [-0.25, -0.2) is 9.36 Å². The van der Waals surface area contributed by atoms with Crippen molar-refractivity contribution in [2.45, 2.75) is 0 Å². The van der Waals surface area contributed by atoms with Crippen LogP contribution in [0.5, 0.6) is 0 Å². The van der Waals surface area contributed by atoms with Gasteiger partial charge in [-0.3, -0.25) is 0 Å². The monoisotopic (exact) mass is 438 g/mol. The Hall–Kier alpha value is 1.77. The standard InChI is InChI=1S/CH2O3.2La.H3O4P/c2-1(3)4;;;1-5(2,3)4/h(H2,2,3,4);;;(H3,1,2,3,4). The van der Waals surface area contributed by atoms with Crippen LogP contribution in [0.3, 0.4) is 0 Å². The fourth-order valence-corrected chi connectivity index (χ4v) is 0. The zero-order valence-corrected chi connectivity index (χ0v) is 13.3. The Balaban J connectivity index is -0.0000000383. The normalized spacial score (nSPS) is 7.55. The molecule has 0 rings (SSSR count). The Kier molecular flexibility index (Phi) is 24.6. The van der Waals surface area contributed by atoms with Crippen molar-refractivity contribution in [3.8, 4) is 0 Å². The number of hydrogen-bond donors (Lipinski definition) is 5. The average Bonchev–Trinajstić information content (AvgIpc) is 1.19. The van der Waals surface area contributed by atoms with Gasteiger partial charge in [0, 0.05) is 71.2 Å². The number of carbonyl (C=O) groups is 1. The molecular weight excluding hydrogens is 433 g/mol. The van der Waals surface area contributed by atoms with Crippen molar-refractivity contribution < 1.29 is 105 Å². The summed E-state index contributed by atoms with van der Waals surface area (Å²) in [7, 11) is -4.64. The van der Waals surface area contributed by atoms with Crippen LogP contribution in [0.1, 0.15) is 0 Å². The molecule has 0 heterocycles. The summed E-state index contributed by atoms with van der Waals surface area (Å²) in [5, 5.41) is 13.9. The first-order valence-corrected chi connectivity index (χ1v) is 3.00. The predicted molar refractivity (Wildman–Crippen MR) is 24.9 cm³/mol. The maximum atomic E-state index is 8.88. The van der Waals surface area contributed by atoms with Crippen LogP contribution in [0.4, 0.5) is 4.79 Å². The zero-order chi connectivity index (χ0) is 8.08. The topological polar surface area (TPSA) is 135 Å². The fourth-order valence-electron chi connectivity index (χ4n) is 0. The molecule has 0 aromatic rings. The molecule has 0 unspecified atom stereocenters. The summed E-state index contributed by atoms with van der Waals surface area (Å²) in [5.74, 6) is 0. The van der Waals surface area contributed by atoms with E-state index in [9.17, 15) is 0 Å². The molecule has 0 saturated heterocycles. The Morgan fingerprint density at radius 1 is 1.00 bits per heavy atom. The molecule has 0 aliphatic heterocycles. The minimum absolute atomic E-state index is 0. The second-order valence-corrected chi connectivity index (χ2v) is 1.82. The molecule has 0 aliphatic carbocycles. The van der Waals surface area contributed by atoms with Gasteiger partial charge < -0.3 is 24.9 Å². The molecule has 10 heteroatoms. The van der Waals surface area contributed by atoms with Crippen molar-refractivity contribution in [1.82, 2.24) is 0 Å². The van der Waals surface area contributed by atoms with E-state index >= 15 is 0 Å². The molecule has 0 saturated carbocycles. The van der Waals surface area contributed by atoms with E-state index < -0.39 is 14.0 Å². The van der Waals surface area contributed by atoms with Gasteiger partial charge in [0.2, 0.25) is 0 Å². The number of hydrogen-bond acceptors (Lipinski definition) is 2. The van der Waals surface area contributed by atoms with E-state index in [1.807, 2.05) is 0 Å². The van der Waals surface area contributed by atoms with E-state index in [1.165, 1.54) is 0 Å². The summed E-state index contributed by atoms with van der Waals surface area (Å²) in [4.78, 5) is 30.1. The van der Waals surface area contributed by atoms with Crippen molar-refractivity contribution in [3.63, 3.8) is 0 Å². The molecule has 62 valence electrons. The minimum Gasteiger partial charge on any atom is -0.450 e. The first-order valence-electron chi connectivity index (χ1n) is 1.43. The van der Waals surface area contributed by atoms with Gasteiger partial charge in [-0.15, -0.1) is 0 Å². The summed E-state index contributed by atoms with van der Waals surface area (Å²) < 4.78 is 8.88. The van der Waals surface area contributed by atoms with E-state index in [4.69, 9.17) is 34.3 Å². The fraction of sp³-hybridized carbons (Fsp3) is 0. The number of rotatable bonds is 0. The molecule has 0 aromatic heterocycles. The van der Waals surface area contributed by atoms with E-state index in [0.717, 1.165) is 0 Å². The molecule has 11 heavy (non-hydrogen) atoms. The third kappa shape index (κ3) is 359. The van der Waals surface area contributed by atoms with Crippen LogP contribution in [-0.4, -0.2) is 31.0 Å². The number of carboxylic acid groups (broad SMARTS) is 2. The van der Waals surface area contributed by atoms with E-state index in [0.29, 0.717) is 0 Å². The molecule has 7 nitrogen and oxygen atoms in total. The van der Waals surface area contributed by atoms with E-state index in [1.54, 1.807) is 0 Å². The van der Waals surface area contributed by atoms with Crippen LogP contribution >= 0.6 is 7.82 Å². The SMILES string of the molecule is O=C(O)O.O=P(O)(O)O.[La].[La]. The van der Waals surface area contributed by atoms with Crippen LogP contribution in [0.15, 0.2) is 0 Å². The van der Waals surface area contributed by atoms with Crippen LogP contribution in [0, 0.1) is 71.2 Å². The molecular formula is CH5La2O7P. The van der Waals surface area contributed by atoms with Crippen LogP contribution in [0.2, 0.25) is 0 Å². The Morgan fingerprint density at radius 2 is 1.00 bits per heavy atom.